The van der Waals surface area contributed by atoms with Gasteiger partial charge in [-0.3, -0.25) is 9.59 Å². The van der Waals surface area contributed by atoms with Gasteiger partial charge in [-0.1, -0.05) is 42.0 Å². The van der Waals surface area contributed by atoms with E-state index in [1.807, 2.05) is 13.0 Å². The number of hydrogen-bond acceptors (Lipinski definition) is 6. The van der Waals surface area contributed by atoms with E-state index in [2.05, 4.69) is 0 Å². The Morgan fingerprint density at radius 1 is 0.844 bits per heavy atom. The minimum atomic E-state index is -1.43. The second-order valence-corrected chi connectivity index (χ2v) is 7.04. The number of Topliss-reactive ketones (excluding diaryl/α,β-unsaturated/α-hetero) is 2. The molecule has 0 N–H and O–H groups in total. The molecule has 0 aliphatic heterocycles. The minimum absolute atomic E-state index is 0.255. The van der Waals surface area contributed by atoms with Crippen molar-refractivity contribution in [3.63, 3.8) is 0 Å². The molecule has 0 heterocycles. The van der Waals surface area contributed by atoms with E-state index in [-0.39, 0.29) is 17.9 Å². The summed E-state index contributed by atoms with van der Waals surface area (Å²) in [6.45, 7) is 3.83. The maximum absolute atomic E-state index is 13.5. The fourth-order valence-corrected chi connectivity index (χ4v) is 3.16. The van der Waals surface area contributed by atoms with Gasteiger partial charge in [-0.15, -0.1) is 0 Å². The van der Waals surface area contributed by atoms with Crippen LogP contribution < -0.4 is 9.47 Å². The molecular weight excluding hydrogens is 408 g/mol. The summed E-state index contributed by atoms with van der Waals surface area (Å²) in [6, 6.07) is 19.7. The second kappa shape index (κ2) is 10.4. The van der Waals surface area contributed by atoms with Gasteiger partial charge in [-0.05, 0) is 50.2 Å². The molecule has 0 saturated carbocycles. The van der Waals surface area contributed by atoms with Crippen LogP contribution >= 0.6 is 0 Å². The van der Waals surface area contributed by atoms with E-state index in [9.17, 15) is 14.4 Å². The minimum Gasteiger partial charge on any atom is -0.496 e. The number of ketones is 2. The van der Waals surface area contributed by atoms with Crippen LogP contribution in [0.3, 0.4) is 0 Å². The molecule has 6 nitrogen and oxygen atoms in total. The van der Waals surface area contributed by atoms with E-state index in [1.165, 1.54) is 31.4 Å². The first kappa shape index (κ1) is 22.7. The Morgan fingerprint density at radius 2 is 1.53 bits per heavy atom. The van der Waals surface area contributed by atoms with Crippen molar-refractivity contribution in [2.45, 2.75) is 20.0 Å². The molecule has 3 aromatic carbocycles. The molecule has 0 fully saturated rings. The van der Waals surface area contributed by atoms with Crippen LogP contribution in [0.5, 0.6) is 11.5 Å². The van der Waals surface area contributed by atoms with Crippen molar-refractivity contribution in [2.75, 3.05) is 13.7 Å². The number of ether oxygens (including phenoxy) is 3. The van der Waals surface area contributed by atoms with Crippen LogP contribution in [0.4, 0.5) is 0 Å². The van der Waals surface area contributed by atoms with Crippen molar-refractivity contribution in [1.82, 2.24) is 0 Å². The third-order valence-corrected chi connectivity index (χ3v) is 4.77. The van der Waals surface area contributed by atoms with Gasteiger partial charge in [0.2, 0.25) is 17.7 Å². The number of benzene rings is 3. The van der Waals surface area contributed by atoms with Gasteiger partial charge in [0.1, 0.15) is 11.5 Å². The van der Waals surface area contributed by atoms with Crippen LogP contribution in [-0.2, 0) is 4.74 Å². The van der Waals surface area contributed by atoms with E-state index < -0.39 is 23.6 Å². The lowest BCUT2D eigenvalue weighted by atomic mass is 9.96. The molecule has 164 valence electrons. The van der Waals surface area contributed by atoms with Crippen molar-refractivity contribution in [3.8, 4) is 11.5 Å². The number of esters is 1. The second-order valence-electron chi connectivity index (χ2n) is 7.04. The fourth-order valence-electron chi connectivity index (χ4n) is 3.16. The van der Waals surface area contributed by atoms with Gasteiger partial charge in [0.15, 0.2) is 0 Å². The van der Waals surface area contributed by atoms with Crippen molar-refractivity contribution in [3.05, 3.63) is 95.1 Å². The normalized spacial score (nSPS) is 11.3. The van der Waals surface area contributed by atoms with Gasteiger partial charge in [0.25, 0.3) is 0 Å². The zero-order valence-corrected chi connectivity index (χ0v) is 18.2. The van der Waals surface area contributed by atoms with Gasteiger partial charge in [-0.2, -0.15) is 0 Å². The first-order chi connectivity index (χ1) is 15.4. The maximum atomic E-state index is 13.5. The van der Waals surface area contributed by atoms with Crippen LogP contribution in [0.25, 0.3) is 0 Å². The molecule has 0 amide bonds. The maximum Gasteiger partial charge on any atom is 0.338 e. The Labute approximate surface area is 186 Å². The van der Waals surface area contributed by atoms with Crippen LogP contribution in [-0.4, -0.2) is 37.4 Å². The molecule has 0 aromatic heterocycles. The summed E-state index contributed by atoms with van der Waals surface area (Å²) in [5.41, 5.74) is 1.79. The first-order valence-corrected chi connectivity index (χ1v) is 10.2. The molecule has 3 rings (SSSR count). The molecule has 0 bridgehead atoms. The Bertz CT molecular complexity index is 1100. The molecule has 0 aliphatic carbocycles. The highest BCUT2D eigenvalue weighted by Gasteiger charge is 2.32. The summed E-state index contributed by atoms with van der Waals surface area (Å²) in [5.74, 6) is -0.834. The average Bonchev–Trinajstić information content (AvgIpc) is 2.82. The summed E-state index contributed by atoms with van der Waals surface area (Å²) in [4.78, 5) is 38.6. The van der Waals surface area contributed by atoms with Crippen molar-refractivity contribution in [1.29, 1.82) is 0 Å². The zero-order valence-electron chi connectivity index (χ0n) is 18.2. The largest absolute Gasteiger partial charge is 0.496 e. The Hall–Kier alpha value is -3.93. The molecule has 1 unspecified atom stereocenters. The SMILES string of the molecule is CCOC(=O)c1ccc(OC(C(=O)c2ccccc2)C(=O)c2cc(C)ccc2OC)cc1. The molecule has 0 aliphatic rings. The van der Waals surface area contributed by atoms with Crippen molar-refractivity contribution in [2.24, 2.45) is 0 Å². The van der Waals surface area contributed by atoms with Gasteiger partial charge in [-0.25, -0.2) is 4.79 Å². The Morgan fingerprint density at radius 3 is 2.16 bits per heavy atom. The van der Waals surface area contributed by atoms with Crippen molar-refractivity contribution < 1.29 is 28.6 Å². The van der Waals surface area contributed by atoms with E-state index in [1.54, 1.807) is 49.4 Å². The lowest BCUT2D eigenvalue weighted by Crippen LogP contribution is -2.36. The molecular formula is C26H24O6. The summed E-state index contributed by atoms with van der Waals surface area (Å²) >= 11 is 0. The summed E-state index contributed by atoms with van der Waals surface area (Å²) in [5, 5.41) is 0. The lowest BCUT2D eigenvalue weighted by molar-refractivity contribution is 0.0524. The average molecular weight is 432 g/mol. The summed E-state index contributed by atoms with van der Waals surface area (Å²) in [6.07, 6.45) is -1.43. The molecule has 1 atom stereocenters. The molecule has 6 heteroatoms. The zero-order chi connectivity index (χ0) is 23.1. The smallest absolute Gasteiger partial charge is 0.338 e. The first-order valence-electron chi connectivity index (χ1n) is 10.2. The highest BCUT2D eigenvalue weighted by Crippen LogP contribution is 2.25. The van der Waals surface area contributed by atoms with Crippen LogP contribution in [0, 0.1) is 6.92 Å². The Balaban J connectivity index is 1.96. The van der Waals surface area contributed by atoms with Crippen LogP contribution in [0.1, 0.15) is 43.6 Å². The van der Waals surface area contributed by atoms with E-state index in [0.717, 1.165) is 5.56 Å². The van der Waals surface area contributed by atoms with E-state index in [4.69, 9.17) is 14.2 Å². The molecule has 0 radical (unpaired) electrons. The fraction of sp³-hybridized carbons (Fsp3) is 0.192. The standard InChI is InChI=1S/C26H24O6/c1-4-31-26(29)19-11-13-20(14-12-19)32-25(23(27)18-8-6-5-7-9-18)24(28)21-16-17(2)10-15-22(21)30-3/h5-16,25H,4H2,1-3H3. The summed E-state index contributed by atoms with van der Waals surface area (Å²) < 4.78 is 16.2. The van der Waals surface area contributed by atoms with Gasteiger partial charge < -0.3 is 14.2 Å². The predicted octanol–water partition coefficient (Wildman–Crippen LogP) is 4.69. The number of carbonyl (C=O) groups excluding carboxylic acids is 3. The van der Waals surface area contributed by atoms with Crippen LogP contribution in [0.15, 0.2) is 72.8 Å². The predicted molar refractivity (Wildman–Crippen MR) is 120 cm³/mol. The number of methoxy groups -OCH3 is 1. The quantitative estimate of drug-likeness (QED) is 0.277. The third-order valence-electron chi connectivity index (χ3n) is 4.77. The highest BCUT2D eigenvalue weighted by molar-refractivity contribution is 6.19. The van der Waals surface area contributed by atoms with Gasteiger partial charge in [0.05, 0.1) is 24.8 Å². The molecule has 32 heavy (non-hydrogen) atoms. The molecule has 3 aromatic rings. The lowest BCUT2D eigenvalue weighted by Gasteiger charge is -2.19. The third kappa shape index (κ3) is 5.21. The topological polar surface area (TPSA) is 78.9 Å². The summed E-state index contributed by atoms with van der Waals surface area (Å²) in [7, 11) is 1.46. The number of rotatable bonds is 9. The van der Waals surface area contributed by atoms with E-state index >= 15 is 0 Å². The molecule has 0 saturated heterocycles. The number of aryl methyl sites for hydroxylation is 1. The molecule has 0 spiro atoms. The van der Waals surface area contributed by atoms with Gasteiger partial charge in [0, 0.05) is 5.56 Å². The van der Waals surface area contributed by atoms with Crippen molar-refractivity contribution >= 4 is 17.5 Å². The van der Waals surface area contributed by atoms with Gasteiger partial charge >= 0.3 is 5.97 Å². The monoisotopic (exact) mass is 432 g/mol. The van der Waals surface area contributed by atoms with E-state index in [0.29, 0.717) is 16.9 Å². The number of hydrogen-bond donors (Lipinski definition) is 0. The Kier molecular flexibility index (Phi) is 7.39. The number of carbonyl (C=O) groups is 3. The highest BCUT2D eigenvalue weighted by atomic mass is 16.5. The van der Waals surface area contributed by atoms with Crippen LogP contribution in [0.2, 0.25) is 0 Å².